The van der Waals surface area contributed by atoms with Crippen LogP contribution >= 0.6 is 11.8 Å². The second kappa shape index (κ2) is 10.5. The van der Waals surface area contributed by atoms with Gasteiger partial charge in [0, 0.05) is 17.2 Å². The molecule has 8 heteroatoms. The maximum atomic E-state index is 12.7. The number of hydrazone groups is 1. The zero-order valence-electron chi connectivity index (χ0n) is 19.0. The zero-order chi connectivity index (χ0) is 23.3. The van der Waals surface area contributed by atoms with Crippen molar-refractivity contribution >= 4 is 34.3 Å². The average Bonchev–Trinajstić information content (AvgIpc) is 2.80. The van der Waals surface area contributed by atoms with E-state index in [0.29, 0.717) is 18.0 Å². The molecule has 1 aliphatic rings. The number of ether oxygens (including phenoxy) is 2. The van der Waals surface area contributed by atoms with Crippen LogP contribution in [0.2, 0.25) is 0 Å². The van der Waals surface area contributed by atoms with E-state index in [2.05, 4.69) is 5.32 Å². The van der Waals surface area contributed by atoms with Crippen molar-refractivity contribution in [3.05, 3.63) is 53.6 Å². The molecule has 1 aliphatic heterocycles. The smallest absolute Gasteiger partial charge is 0.302 e. The molecule has 0 aromatic heterocycles. The Kier molecular flexibility index (Phi) is 7.80. The van der Waals surface area contributed by atoms with Crippen LogP contribution in [-0.4, -0.2) is 41.3 Å². The topological polar surface area (TPSA) is 80.2 Å². The van der Waals surface area contributed by atoms with Gasteiger partial charge in [-0.3, -0.25) is 9.59 Å². The Bertz CT molecular complexity index is 1000. The lowest BCUT2D eigenvalue weighted by Crippen LogP contribution is -2.34. The summed E-state index contributed by atoms with van der Waals surface area (Å²) in [6.07, 6.45) is 0.779. The Labute approximate surface area is 193 Å². The molecule has 0 radical (unpaired) electrons. The Balaban J connectivity index is 1.83. The van der Waals surface area contributed by atoms with Gasteiger partial charge in [-0.25, -0.2) is 5.01 Å². The molecule has 0 spiro atoms. The number of thioether (sulfide) groups is 1. The molecule has 170 valence electrons. The lowest BCUT2D eigenvalue weighted by atomic mass is 10.0. The van der Waals surface area contributed by atoms with Crippen LogP contribution in [0, 0.1) is 5.92 Å². The second-order valence-corrected chi connectivity index (χ2v) is 8.89. The Morgan fingerprint density at radius 1 is 1.12 bits per heavy atom. The largest absolute Gasteiger partial charge is 0.493 e. The third kappa shape index (κ3) is 5.43. The fourth-order valence-electron chi connectivity index (χ4n) is 3.24. The maximum Gasteiger partial charge on any atom is 0.302 e. The van der Waals surface area contributed by atoms with Crippen molar-refractivity contribution in [2.24, 2.45) is 11.0 Å². The van der Waals surface area contributed by atoms with Crippen LogP contribution in [0.25, 0.3) is 0 Å². The Morgan fingerprint density at radius 3 is 2.41 bits per heavy atom. The number of benzene rings is 2. The number of anilines is 1. The fraction of sp³-hybridized carbons (Fsp3) is 0.375. The number of hydrogen-bond donors (Lipinski definition) is 1. The van der Waals surface area contributed by atoms with E-state index in [1.807, 2.05) is 63.2 Å². The van der Waals surface area contributed by atoms with E-state index in [1.54, 1.807) is 14.2 Å². The van der Waals surface area contributed by atoms with E-state index >= 15 is 0 Å². The van der Waals surface area contributed by atoms with Crippen LogP contribution in [0.4, 0.5) is 10.5 Å². The van der Waals surface area contributed by atoms with Gasteiger partial charge in [0.2, 0.25) is 5.91 Å². The summed E-state index contributed by atoms with van der Waals surface area (Å²) in [7, 11) is 3.19. The van der Waals surface area contributed by atoms with E-state index in [4.69, 9.17) is 14.6 Å². The Hall–Kier alpha value is -3.00. The first-order chi connectivity index (χ1) is 15.4. The molecule has 2 amide bonds. The van der Waals surface area contributed by atoms with Gasteiger partial charge in [0.25, 0.3) is 0 Å². The normalized spacial score (nSPS) is 16.1. The average molecular weight is 456 g/mol. The zero-order valence-corrected chi connectivity index (χ0v) is 19.9. The van der Waals surface area contributed by atoms with Gasteiger partial charge in [-0.05, 0) is 42.3 Å². The van der Waals surface area contributed by atoms with Gasteiger partial charge in [-0.15, -0.1) is 0 Å². The van der Waals surface area contributed by atoms with Gasteiger partial charge in [-0.1, -0.05) is 44.7 Å². The van der Waals surface area contributed by atoms with Gasteiger partial charge in [0.1, 0.15) is 0 Å². The highest BCUT2D eigenvalue weighted by atomic mass is 32.2. The predicted octanol–water partition coefficient (Wildman–Crippen LogP) is 5.15. The van der Waals surface area contributed by atoms with Gasteiger partial charge in [-0.2, -0.15) is 5.10 Å². The van der Waals surface area contributed by atoms with Crippen LogP contribution in [0.3, 0.4) is 0 Å². The molecular formula is C24H29N3O4S. The minimum absolute atomic E-state index is 0.0323. The summed E-state index contributed by atoms with van der Waals surface area (Å²) in [5, 5.41) is 8.96. The lowest BCUT2D eigenvalue weighted by Gasteiger charge is -2.28. The number of nitrogens with zero attached hydrogens (tertiary/aromatic N) is 2. The quantitative estimate of drug-likeness (QED) is 0.595. The summed E-state index contributed by atoms with van der Waals surface area (Å²) in [6.45, 7) is 6.08. The first-order valence-corrected chi connectivity index (χ1v) is 11.4. The molecule has 1 N–H and O–H groups in total. The molecule has 0 fully saturated rings. The number of hydrogen-bond acceptors (Lipinski definition) is 6. The highest BCUT2D eigenvalue weighted by molar-refractivity contribution is 8.14. The van der Waals surface area contributed by atoms with Gasteiger partial charge < -0.3 is 14.8 Å². The van der Waals surface area contributed by atoms with Crippen molar-refractivity contribution in [2.75, 3.05) is 19.5 Å². The van der Waals surface area contributed by atoms with E-state index in [-0.39, 0.29) is 22.3 Å². The molecule has 32 heavy (non-hydrogen) atoms. The summed E-state index contributed by atoms with van der Waals surface area (Å²) >= 11 is 1.28. The molecule has 0 saturated heterocycles. The monoisotopic (exact) mass is 455 g/mol. The molecule has 7 nitrogen and oxygen atoms in total. The number of rotatable bonds is 8. The number of carbonyl (C=O) groups excluding carboxylic acids is 2. The molecule has 1 unspecified atom stereocenters. The standard InChI is InChI=1S/C24H29N3O4S/c1-6-21-22(17-9-12-19(30-4)20(13-17)31-5)26-27(24(29)32-21)14-16-7-10-18(11-8-16)25-23(28)15(2)3/h7-13,15,21H,6,14H2,1-5H3,(H,25,28). The van der Waals surface area contributed by atoms with E-state index < -0.39 is 0 Å². The number of carbonyl (C=O) groups is 2. The first kappa shape index (κ1) is 23.7. The third-order valence-electron chi connectivity index (χ3n) is 5.12. The number of amides is 2. The minimum atomic E-state index is -0.0893. The van der Waals surface area contributed by atoms with Crippen LogP contribution < -0.4 is 14.8 Å². The summed E-state index contributed by atoms with van der Waals surface area (Å²) in [5.74, 6) is 1.14. The van der Waals surface area contributed by atoms with Gasteiger partial charge >= 0.3 is 5.24 Å². The first-order valence-electron chi connectivity index (χ1n) is 10.5. The van der Waals surface area contributed by atoms with Crippen molar-refractivity contribution in [3.63, 3.8) is 0 Å². The summed E-state index contributed by atoms with van der Waals surface area (Å²) in [6, 6.07) is 13.1. The van der Waals surface area contributed by atoms with Crippen molar-refractivity contribution in [1.29, 1.82) is 0 Å². The van der Waals surface area contributed by atoms with Gasteiger partial charge in [0.05, 0.1) is 31.7 Å². The predicted molar refractivity (Wildman–Crippen MR) is 129 cm³/mol. The molecule has 0 saturated carbocycles. The van der Waals surface area contributed by atoms with Crippen LogP contribution in [0.5, 0.6) is 11.5 Å². The number of methoxy groups -OCH3 is 2. The minimum Gasteiger partial charge on any atom is -0.493 e. The molecular weight excluding hydrogens is 426 g/mol. The van der Waals surface area contributed by atoms with Crippen molar-refractivity contribution in [2.45, 2.75) is 39.0 Å². The molecule has 1 heterocycles. The van der Waals surface area contributed by atoms with E-state index in [0.717, 1.165) is 28.9 Å². The van der Waals surface area contributed by atoms with Crippen LogP contribution in [0.1, 0.15) is 38.3 Å². The van der Waals surface area contributed by atoms with Crippen molar-refractivity contribution in [1.82, 2.24) is 5.01 Å². The number of nitrogens with one attached hydrogen (secondary N) is 1. The SMILES string of the molecule is CCC1SC(=O)N(Cc2ccc(NC(=O)C(C)C)cc2)N=C1c1ccc(OC)c(OC)c1. The Morgan fingerprint density at radius 2 is 1.81 bits per heavy atom. The van der Waals surface area contributed by atoms with E-state index in [1.165, 1.54) is 16.8 Å². The summed E-state index contributed by atoms with van der Waals surface area (Å²) in [4.78, 5) is 24.6. The van der Waals surface area contributed by atoms with Crippen molar-refractivity contribution < 1.29 is 19.1 Å². The molecule has 0 bridgehead atoms. The van der Waals surface area contributed by atoms with Gasteiger partial charge in [0.15, 0.2) is 11.5 Å². The summed E-state index contributed by atoms with van der Waals surface area (Å²) in [5.41, 5.74) is 3.38. The van der Waals surface area contributed by atoms with Crippen LogP contribution in [0.15, 0.2) is 47.6 Å². The molecule has 3 rings (SSSR count). The van der Waals surface area contributed by atoms with Crippen molar-refractivity contribution in [3.8, 4) is 11.5 Å². The second-order valence-electron chi connectivity index (χ2n) is 7.73. The fourth-order valence-corrected chi connectivity index (χ4v) is 4.17. The molecule has 2 aromatic carbocycles. The third-order valence-corrected chi connectivity index (χ3v) is 6.37. The highest BCUT2D eigenvalue weighted by Crippen LogP contribution is 2.33. The highest BCUT2D eigenvalue weighted by Gasteiger charge is 2.30. The molecule has 2 aromatic rings. The van der Waals surface area contributed by atoms with E-state index in [9.17, 15) is 9.59 Å². The molecule has 0 aliphatic carbocycles. The lowest BCUT2D eigenvalue weighted by molar-refractivity contribution is -0.118. The molecule has 1 atom stereocenters. The van der Waals surface area contributed by atoms with Crippen LogP contribution in [-0.2, 0) is 11.3 Å². The maximum absolute atomic E-state index is 12.7. The summed E-state index contributed by atoms with van der Waals surface area (Å²) < 4.78 is 10.8.